The number of carbonyl (C=O) groups excluding carboxylic acids is 1. The number of aryl methyl sites for hydroxylation is 1. The molecule has 4 heteroatoms. The fourth-order valence-electron chi connectivity index (χ4n) is 2.27. The first-order chi connectivity index (χ1) is 10.1. The Balaban J connectivity index is 2.15. The summed E-state index contributed by atoms with van der Waals surface area (Å²) in [4.78, 5) is 16.6. The van der Waals surface area contributed by atoms with Gasteiger partial charge in [0.25, 0.3) is 5.91 Å². The van der Waals surface area contributed by atoms with Crippen molar-refractivity contribution in [3.05, 3.63) is 51.7 Å². The molecule has 0 fully saturated rings. The van der Waals surface area contributed by atoms with E-state index in [1.165, 1.54) is 4.88 Å². The molecule has 0 saturated heterocycles. The van der Waals surface area contributed by atoms with E-state index in [1.807, 2.05) is 41.3 Å². The minimum atomic E-state index is 0.115. The SMILES string of the molecule is CCCN(Cc1cccc(N)c1)C(=O)c1ccc(CC)s1. The van der Waals surface area contributed by atoms with Crippen molar-refractivity contribution < 1.29 is 4.79 Å². The Morgan fingerprint density at radius 2 is 2.05 bits per heavy atom. The van der Waals surface area contributed by atoms with Gasteiger partial charge in [-0.25, -0.2) is 0 Å². The summed E-state index contributed by atoms with van der Waals surface area (Å²) < 4.78 is 0. The summed E-state index contributed by atoms with van der Waals surface area (Å²) in [5.41, 5.74) is 7.63. The monoisotopic (exact) mass is 302 g/mol. The lowest BCUT2D eigenvalue weighted by Gasteiger charge is -2.21. The standard InChI is InChI=1S/C17H22N2OS/c1-3-10-19(12-13-6-5-7-14(18)11-13)17(20)16-9-8-15(4-2)21-16/h5-9,11H,3-4,10,12,18H2,1-2H3. The quantitative estimate of drug-likeness (QED) is 0.821. The maximum absolute atomic E-state index is 12.7. The van der Waals surface area contributed by atoms with Gasteiger partial charge in [0.1, 0.15) is 0 Å². The molecule has 1 aromatic heterocycles. The lowest BCUT2D eigenvalue weighted by atomic mass is 10.2. The third kappa shape index (κ3) is 4.08. The van der Waals surface area contributed by atoms with E-state index in [0.29, 0.717) is 6.54 Å². The maximum Gasteiger partial charge on any atom is 0.264 e. The Morgan fingerprint density at radius 3 is 2.67 bits per heavy atom. The van der Waals surface area contributed by atoms with Crippen LogP contribution in [-0.2, 0) is 13.0 Å². The fourth-order valence-corrected chi connectivity index (χ4v) is 3.19. The smallest absolute Gasteiger partial charge is 0.264 e. The van der Waals surface area contributed by atoms with Crippen LogP contribution in [-0.4, -0.2) is 17.4 Å². The Bertz CT molecular complexity index is 606. The lowest BCUT2D eigenvalue weighted by Crippen LogP contribution is -2.30. The van der Waals surface area contributed by atoms with Crippen LogP contribution in [0.5, 0.6) is 0 Å². The molecule has 0 atom stereocenters. The van der Waals surface area contributed by atoms with Gasteiger partial charge in [-0.1, -0.05) is 26.0 Å². The second-order valence-electron chi connectivity index (χ2n) is 5.09. The largest absolute Gasteiger partial charge is 0.399 e. The van der Waals surface area contributed by atoms with Gasteiger partial charge in [-0.05, 0) is 42.7 Å². The number of anilines is 1. The van der Waals surface area contributed by atoms with E-state index >= 15 is 0 Å². The van der Waals surface area contributed by atoms with Gasteiger partial charge in [-0.2, -0.15) is 0 Å². The average molecular weight is 302 g/mol. The molecule has 1 aromatic carbocycles. The molecule has 0 aliphatic rings. The molecule has 0 aliphatic heterocycles. The van der Waals surface area contributed by atoms with Crippen molar-refractivity contribution in [1.82, 2.24) is 4.90 Å². The first kappa shape index (κ1) is 15.6. The second-order valence-corrected chi connectivity index (χ2v) is 6.26. The minimum absolute atomic E-state index is 0.115. The van der Waals surface area contributed by atoms with Gasteiger partial charge in [0.05, 0.1) is 4.88 Å². The Kier molecular flexibility index (Phi) is 5.39. The minimum Gasteiger partial charge on any atom is -0.399 e. The normalized spacial score (nSPS) is 10.6. The number of nitrogens with zero attached hydrogens (tertiary/aromatic N) is 1. The molecule has 0 bridgehead atoms. The van der Waals surface area contributed by atoms with Gasteiger partial charge >= 0.3 is 0 Å². The number of amides is 1. The number of carbonyl (C=O) groups is 1. The van der Waals surface area contributed by atoms with E-state index < -0.39 is 0 Å². The van der Waals surface area contributed by atoms with Crippen molar-refractivity contribution in [3.63, 3.8) is 0 Å². The molecular formula is C17H22N2OS. The average Bonchev–Trinajstić information content (AvgIpc) is 2.95. The predicted molar refractivity (Wildman–Crippen MR) is 89.6 cm³/mol. The topological polar surface area (TPSA) is 46.3 Å². The molecule has 3 nitrogen and oxygen atoms in total. The summed E-state index contributed by atoms with van der Waals surface area (Å²) in [6.45, 7) is 5.56. The van der Waals surface area contributed by atoms with Crippen LogP contribution < -0.4 is 5.73 Å². The third-order valence-corrected chi connectivity index (χ3v) is 4.54. The molecule has 21 heavy (non-hydrogen) atoms. The number of thiophene rings is 1. The summed E-state index contributed by atoms with van der Waals surface area (Å²) in [5.74, 6) is 0.115. The fraction of sp³-hybridized carbons (Fsp3) is 0.353. The van der Waals surface area contributed by atoms with Crippen molar-refractivity contribution >= 4 is 22.9 Å². The Labute approximate surface area is 130 Å². The van der Waals surface area contributed by atoms with E-state index in [4.69, 9.17) is 5.73 Å². The first-order valence-electron chi connectivity index (χ1n) is 7.36. The highest BCUT2D eigenvalue weighted by atomic mass is 32.1. The predicted octanol–water partition coefficient (Wildman–Crippen LogP) is 3.95. The summed E-state index contributed by atoms with van der Waals surface area (Å²) in [6.07, 6.45) is 1.92. The van der Waals surface area contributed by atoms with E-state index in [9.17, 15) is 4.79 Å². The molecule has 1 heterocycles. The van der Waals surface area contributed by atoms with Crippen molar-refractivity contribution in [3.8, 4) is 0 Å². The second kappa shape index (κ2) is 7.27. The Morgan fingerprint density at radius 1 is 1.24 bits per heavy atom. The van der Waals surface area contributed by atoms with Crippen LogP contribution in [0.4, 0.5) is 5.69 Å². The highest BCUT2D eigenvalue weighted by Gasteiger charge is 2.17. The van der Waals surface area contributed by atoms with Crippen molar-refractivity contribution in [2.75, 3.05) is 12.3 Å². The van der Waals surface area contributed by atoms with E-state index in [1.54, 1.807) is 11.3 Å². The van der Waals surface area contributed by atoms with E-state index in [2.05, 4.69) is 13.8 Å². The van der Waals surface area contributed by atoms with Crippen molar-refractivity contribution in [2.24, 2.45) is 0 Å². The molecule has 0 spiro atoms. The highest BCUT2D eigenvalue weighted by molar-refractivity contribution is 7.14. The van der Waals surface area contributed by atoms with Crippen LogP contribution in [0.25, 0.3) is 0 Å². The molecule has 0 aliphatic carbocycles. The van der Waals surface area contributed by atoms with Gasteiger partial charge in [0.2, 0.25) is 0 Å². The summed E-state index contributed by atoms with van der Waals surface area (Å²) in [7, 11) is 0. The lowest BCUT2D eigenvalue weighted by molar-refractivity contribution is 0.0748. The third-order valence-electron chi connectivity index (χ3n) is 3.33. The molecule has 0 radical (unpaired) electrons. The van der Waals surface area contributed by atoms with Crippen LogP contribution in [0.3, 0.4) is 0 Å². The number of nitrogens with two attached hydrogens (primary N) is 1. The zero-order valence-electron chi connectivity index (χ0n) is 12.6. The van der Waals surface area contributed by atoms with Crippen molar-refractivity contribution in [1.29, 1.82) is 0 Å². The maximum atomic E-state index is 12.7. The molecule has 2 N–H and O–H groups in total. The van der Waals surface area contributed by atoms with E-state index in [-0.39, 0.29) is 5.91 Å². The van der Waals surface area contributed by atoms with Crippen molar-refractivity contribution in [2.45, 2.75) is 33.2 Å². The number of nitrogen functional groups attached to an aromatic ring is 1. The van der Waals surface area contributed by atoms with Crippen LogP contribution in [0.1, 0.15) is 40.4 Å². The van der Waals surface area contributed by atoms with E-state index in [0.717, 1.165) is 35.5 Å². The van der Waals surface area contributed by atoms with Crippen LogP contribution in [0.15, 0.2) is 36.4 Å². The van der Waals surface area contributed by atoms with Gasteiger partial charge < -0.3 is 10.6 Å². The van der Waals surface area contributed by atoms with Gasteiger partial charge in [0, 0.05) is 23.7 Å². The zero-order chi connectivity index (χ0) is 15.2. The summed E-state index contributed by atoms with van der Waals surface area (Å²) >= 11 is 1.59. The number of hydrogen-bond acceptors (Lipinski definition) is 3. The van der Waals surface area contributed by atoms with Gasteiger partial charge in [0.15, 0.2) is 0 Å². The highest BCUT2D eigenvalue weighted by Crippen LogP contribution is 2.20. The number of benzene rings is 1. The number of hydrogen-bond donors (Lipinski definition) is 1. The van der Waals surface area contributed by atoms with Gasteiger partial charge in [-0.15, -0.1) is 11.3 Å². The Hall–Kier alpha value is -1.81. The van der Waals surface area contributed by atoms with Crippen LogP contribution >= 0.6 is 11.3 Å². The molecule has 112 valence electrons. The molecule has 0 unspecified atom stereocenters. The van der Waals surface area contributed by atoms with Crippen LogP contribution in [0.2, 0.25) is 0 Å². The molecular weight excluding hydrogens is 280 g/mol. The summed E-state index contributed by atoms with van der Waals surface area (Å²) in [5, 5.41) is 0. The van der Waals surface area contributed by atoms with Crippen LogP contribution in [0, 0.1) is 0 Å². The molecule has 0 saturated carbocycles. The molecule has 2 aromatic rings. The first-order valence-corrected chi connectivity index (χ1v) is 8.18. The summed E-state index contributed by atoms with van der Waals surface area (Å²) in [6, 6.07) is 11.7. The zero-order valence-corrected chi connectivity index (χ0v) is 13.5. The van der Waals surface area contributed by atoms with Gasteiger partial charge in [-0.3, -0.25) is 4.79 Å². The molecule has 2 rings (SSSR count). The number of rotatable bonds is 6. The molecule has 1 amide bonds.